The highest BCUT2D eigenvalue weighted by atomic mass is 19.1. The van der Waals surface area contributed by atoms with Crippen LogP contribution in [0.25, 0.3) is 0 Å². The first-order valence-corrected chi connectivity index (χ1v) is 9.95. The molecule has 1 saturated heterocycles. The molecule has 6 heteroatoms. The number of hydrogen-bond acceptors (Lipinski definition) is 5. The molecule has 2 aromatic carbocycles. The van der Waals surface area contributed by atoms with Crippen molar-refractivity contribution in [3.8, 4) is 6.07 Å². The van der Waals surface area contributed by atoms with Gasteiger partial charge in [-0.3, -0.25) is 0 Å². The highest BCUT2D eigenvalue weighted by Crippen LogP contribution is 2.54. The summed E-state index contributed by atoms with van der Waals surface area (Å²) in [6.07, 6.45) is 0.996. The quantitative estimate of drug-likeness (QED) is 0.668. The summed E-state index contributed by atoms with van der Waals surface area (Å²) in [6, 6.07) is 19.4. The summed E-state index contributed by atoms with van der Waals surface area (Å²) in [4.78, 5) is 8.57. The number of nitrogens with zero attached hydrogens (tertiary/aromatic N) is 4. The van der Waals surface area contributed by atoms with E-state index in [0.29, 0.717) is 55.3 Å². The summed E-state index contributed by atoms with van der Waals surface area (Å²) in [6.45, 7) is 2.64. The van der Waals surface area contributed by atoms with Crippen molar-refractivity contribution in [2.45, 2.75) is 18.3 Å². The molecule has 1 aromatic heterocycles. The molecule has 1 saturated carbocycles. The lowest BCUT2D eigenvalue weighted by atomic mass is 10.1. The smallest absolute Gasteiger partial charge is 0.234 e. The van der Waals surface area contributed by atoms with Crippen molar-refractivity contribution in [2.75, 3.05) is 36.0 Å². The van der Waals surface area contributed by atoms with E-state index < -0.39 is 0 Å². The second-order valence-corrected chi connectivity index (χ2v) is 7.60. The third-order valence-corrected chi connectivity index (χ3v) is 5.83. The summed E-state index contributed by atoms with van der Waals surface area (Å²) in [5.41, 5.74) is 2.25. The Morgan fingerprint density at radius 3 is 2.34 bits per heavy atom. The molecule has 2 aliphatic rings. The molecule has 0 N–H and O–H groups in total. The lowest BCUT2D eigenvalue weighted by Gasteiger charge is -2.36. The Bertz CT molecular complexity index is 1050. The van der Waals surface area contributed by atoms with Crippen LogP contribution in [0.1, 0.15) is 35.4 Å². The lowest BCUT2D eigenvalue weighted by Crippen LogP contribution is -2.47. The van der Waals surface area contributed by atoms with Gasteiger partial charge in [0.15, 0.2) is 0 Å². The SMILES string of the molecule is N#Cc1nc([C@@H]2C[C@H]2c2ccccc2)oc1N1CCN(c2ccccc2F)CC1. The van der Waals surface area contributed by atoms with Gasteiger partial charge in [-0.2, -0.15) is 5.26 Å². The van der Waals surface area contributed by atoms with Gasteiger partial charge in [-0.1, -0.05) is 42.5 Å². The zero-order valence-corrected chi connectivity index (χ0v) is 16.0. The normalized spacial score (nSPS) is 21.1. The van der Waals surface area contributed by atoms with Crippen molar-refractivity contribution in [1.82, 2.24) is 4.98 Å². The fraction of sp³-hybridized carbons (Fsp3) is 0.304. The lowest BCUT2D eigenvalue weighted by molar-refractivity contribution is 0.475. The van der Waals surface area contributed by atoms with Crippen molar-refractivity contribution in [3.05, 3.63) is 77.6 Å². The largest absolute Gasteiger partial charge is 0.423 e. The summed E-state index contributed by atoms with van der Waals surface area (Å²) in [5, 5.41) is 9.55. The van der Waals surface area contributed by atoms with Gasteiger partial charge in [0.1, 0.15) is 11.9 Å². The maximum Gasteiger partial charge on any atom is 0.234 e. The fourth-order valence-corrected chi connectivity index (χ4v) is 4.17. The second kappa shape index (κ2) is 7.25. The summed E-state index contributed by atoms with van der Waals surface area (Å²) in [5.74, 6) is 1.64. The molecule has 146 valence electrons. The van der Waals surface area contributed by atoms with Crippen LogP contribution in [0.5, 0.6) is 0 Å². The molecule has 5 rings (SSSR count). The number of halogens is 1. The van der Waals surface area contributed by atoms with Gasteiger partial charge >= 0.3 is 0 Å². The van der Waals surface area contributed by atoms with Crippen LogP contribution >= 0.6 is 0 Å². The average Bonchev–Trinajstić information content (AvgIpc) is 3.46. The first-order chi connectivity index (χ1) is 14.2. The molecule has 29 heavy (non-hydrogen) atoms. The third-order valence-electron chi connectivity index (χ3n) is 5.83. The van der Waals surface area contributed by atoms with E-state index in [-0.39, 0.29) is 11.7 Å². The number of hydrogen-bond donors (Lipinski definition) is 0. The molecular weight excluding hydrogens is 367 g/mol. The molecule has 1 aliphatic heterocycles. The highest BCUT2D eigenvalue weighted by Gasteiger charge is 2.44. The number of anilines is 2. The molecule has 0 amide bonds. The van der Waals surface area contributed by atoms with Gasteiger partial charge in [-0.05, 0) is 30.0 Å². The Kier molecular flexibility index (Phi) is 4.44. The Morgan fingerprint density at radius 1 is 0.931 bits per heavy atom. The van der Waals surface area contributed by atoms with E-state index in [1.165, 1.54) is 11.6 Å². The van der Waals surface area contributed by atoms with Gasteiger partial charge in [0.25, 0.3) is 0 Å². The van der Waals surface area contributed by atoms with Crippen LogP contribution < -0.4 is 9.80 Å². The molecule has 1 aliphatic carbocycles. The van der Waals surface area contributed by atoms with Crippen LogP contribution in [-0.4, -0.2) is 31.2 Å². The van der Waals surface area contributed by atoms with Gasteiger partial charge in [0.05, 0.1) is 5.69 Å². The Hall–Kier alpha value is -3.33. The van der Waals surface area contributed by atoms with Crippen molar-refractivity contribution in [2.24, 2.45) is 0 Å². The maximum absolute atomic E-state index is 14.1. The first-order valence-electron chi connectivity index (χ1n) is 9.95. The minimum Gasteiger partial charge on any atom is -0.423 e. The topological polar surface area (TPSA) is 56.3 Å². The minimum atomic E-state index is -0.207. The van der Waals surface area contributed by atoms with E-state index in [4.69, 9.17) is 4.42 Å². The standard InChI is InChI=1S/C23H21FN4O/c24-19-8-4-5-9-21(19)27-10-12-28(13-11-27)23-20(15-25)26-22(29-23)18-14-17(18)16-6-2-1-3-7-16/h1-9,17-18H,10-14H2/t17-,18+/m0/s1. The highest BCUT2D eigenvalue weighted by molar-refractivity contribution is 5.53. The van der Waals surface area contributed by atoms with E-state index in [1.807, 2.05) is 34.1 Å². The van der Waals surface area contributed by atoms with Gasteiger partial charge < -0.3 is 14.2 Å². The van der Waals surface area contributed by atoms with Crippen LogP contribution in [0.4, 0.5) is 16.0 Å². The molecule has 2 atom stereocenters. The van der Waals surface area contributed by atoms with E-state index in [2.05, 4.69) is 23.2 Å². The van der Waals surface area contributed by atoms with Gasteiger partial charge in [-0.15, -0.1) is 0 Å². The van der Waals surface area contributed by atoms with Gasteiger partial charge in [-0.25, -0.2) is 9.37 Å². The number of piperazine rings is 1. The molecular formula is C23H21FN4O. The predicted octanol–water partition coefficient (Wildman–Crippen LogP) is 4.28. The van der Waals surface area contributed by atoms with Crippen LogP contribution in [0.15, 0.2) is 59.0 Å². The number of para-hydroxylation sites is 1. The molecule has 0 radical (unpaired) electrons. The van der Waals surface area contributed by atoms with Gasteiger partial charge in [0.2, 0.25) is 17.5 Å². The summed E-state index contributed by atoms with van der Waals surface area (Å²) in [7, 11) is 0. The van der Waals surface area contributed by atoms with Gasteiger partial charge in [0, 0.05) is 32.1 Å². The second-order valence-electron chi connectivity index (χ2n) is 7.60. The Balaban J connectivity index is 1.30. The summed E-state index contributed by atoms with van der Waals surface area (Å²) >= 11 is 0. The fourth-order valence-electron chi connectivity index (χ4n) is 4.17. The number of aromatic nitrogens is 1. The van der Waals surface area contributed by atoms with E-state index in [1.54, 1.807) is 12.1 Å². The van der Waals surface area contributed by atoms with Crippen LogP contribution in [0.3, 0.4) is 0 Å². The molecule has 2 fully saturated rings. The average molecular weight is 388 g/mol. The van der Waals surface area contributed by atoms with E-state index >= 15 is 0 Å². The van der Waals surface area contributed by atoms with Crippen molar-refractivity contribution in [3.63, 3.8) is 0 Å². The maximum atomic E-state index is 14.1. The zero-order valence-electron chi connectivity index (χ0n) is 16.0. The van der Waals surface area contributed by atoms with E-state index in [9.17, 15) is 9.65 Å². The molecule has 2 heterocycles. The Morgan fingerprint density at radius 2 is 1.62 bits per heavy atom. The Labute approximate surface area is 169 Å². The predicted molar refractivity (Wildman–Crippen MR) is 109 cm³/mol. The molecule has 0 bridgehead atoms. The minimum absolute atomic E-state index is 0.207. The number of benzene rings is 2. The van der Waals surface area contributed by atoms with E-state index in [0.717, 1.165) is 6.42 Å². The third kappa shape index (κ3) is 3.33. The number of rotatable bonds is 4. The first kappa shape index (κ1) is 17.7. The van der Waals surface area contributed by atoms with Crippen LogP contribution in [0.2, 0.25) is 0 Å². The monoisotopic (exact) mass is 388 g/mol. The molecule has 0 unspecified atom stereocenters. The zero-order chi connectivity index (χ0) is 19.8. The summed E-state index contributed by atoms with van der Waals surface area (Å²) < 4.78 is 20.1. The molecule has 3 aromatic rings. The van der Waals surface area contributed by atoms with Crippen molar-refractivity contribution in [1.29, 1.82) is 5.26 Å². The number of oxazole rings is 1. The number of nitriles is 1. The molecule has 0 spiro atoms. The van der Waals surface area contributed by atoms with Crippen molar-refractivity contribution < 1.29 is 8.81 Å². The van der Waals surface area contributed by atoms with Crippen LogP contribution in [0, 0.1) is 17.1 Å². The molecule has 5 nitrogen and oxygen atoms in total. The van der Waals surface area contributed by atoms with Crippen molar-refractivity contribution >= 4 is 11.6 Å². The van der Waals surface area contributed by atoms with Crippen LogP contribution in [-0.2, 0) is 0 Å².